The van der Waals surface area contributed by atoms with Gasteiger partial charge in [-0.25, -0.2) is 0 Å². The number of ether oxygens (including phenoxy) is 3. The lowest BCUT2D eigenvalue weighted by Gasteiger charge is -2.39. The number of phenolic OH excluding ortho intramolecular Hbond substituents is 2. The maximum Gasteiger partial charge on any atom is 0.229 e. The Morgan fingerprint density at radius 3 is 2.27 bits per heavy atom. The molecule has 0 aliphatic carbocycles. The molecule has 2 aliphatic rings. The Balaban J connectivity index is 1.52. The van der Waals surface area contributed by atoms with E-state index in [2.05, 4.69) is 0 Å². The third-order valence-corrected chi connectivity index (χ3v) is 6.13. The monoisotopic (exact) mass is 462 g/mol. The number of carbonyl (C=O) groups is 1. The summed E-state index contributed by atoms with van der Waals surface area (Å²) in [5, 5.41) is 59.7. The average molecular weight is 462 g/mol. The van der Waals surface area contributed by atoms with Crippen LogP contribution >= 0.6 is 0 Å². The van der Waals surface area contributed by atoms with Crippen LogP contribution in [0.5, 0.6) is 23.0 Å². The first-order valence-corrected chi connectivity index (χ1v) is 10.5. The first-order valence-electron chi connectivity index (χ1n) is 10.5. The SMILES string of the molecule is Cc1c(O)c(C)c2c(c1O)C(=O)C[C@@H](c1ccc(O[C@@H]3O[C@H](CO)[C@@H](O)[C@H](O)[C@H]3O)cc1)O2. The van der Waals surface area contributed by atoms with Crippen molar-refractivity contribution >= 4 is 5.78 Å². The summed E-state index contributed by atoms with van der Waals surface area (Å²) in [5.41, 5.74) is 1.27. The molecule has 10 nitrogen and oxygen atoms in total. The fourth-order valence-electron chi connectivity index (χ4n) is 4.09. The average Bonchev–Trinajstić information content (AvgIpc) is 2.81. The number of carbonyl (C=O) groups excluding carboxylic acids is 1. The number of Topliss-reactive ketones (excluding diaryl/α,β-unsaturated/α-hetero) is 1. The van der Waals surface area contributed by atoms with E-state index >= 15 is 0 Å². The zero-order valence-corrected chi connectivity index (χ0v) is 18.0. The Morgan fingerprint density at radius 1 is 0.970 bits per heavy atom. The number of aromatic hydroxyl groups is 2. The summed E-state index contributed by atoms with van der Waals surface area (Å²) in [6.45, 7) is 2.56. The Hall–Kier alpha value is -2.89. The van der Waals surface area contributed by atoms with Crippen molar-refractivity contribution < 1.29 is 49.6 Å². The van der Waals surface area contributed by atoms with Crippen LogP contribution in [0.1, 0.15) is 39.6 Å². The molecule has 6 N–H and O–H groups in total. The predicted octanol–water partition coefficient (Wildman–Crippen LogP) is 0.600. The summed E-state index contributed by atoms with van der Waals surface area (Å²) in [5.74, 6) is -0.333. The summed E-state index contributed by atoms with van der Waals surface area (Å²) in [6, 6.07) is 6.39. The Labute approximate surface area is 189 Å². The minimum absolute atomic E-state index is 0.0167. The molecule has 6 atom stereocenters. The van der Waals surface area contributed by atoms with E-state index in [1.165, 1.54) is 6.92 Å². The number of benzene rings is 2. The van der Waals surface area contributed by atoms with E-state index in [1.54, 1.807) is 31.2 Å². The van der Waals surface area contributed by atoms with Crippen molar-refractivity contribution in [3.63, 3.8) is 0 Å². The third kappa shape index (κ3) is 4.00. The molecule has 1 fully saturated rings. The van der Waals surface area contributed by atoms with Gasteiger partial charge in [0.15, 0.2) is 5.78 Å². The van der Waals surface area contributed by atoms with Gasteiger partial charge in [-0.15, -0.1) is 0 Å². The quantitative estimate of drug-likeness (QED) is 0.379. The van der Waals surface area contributed by atoms with Gasteiger partial charge in [0.25, 0.3) is 0 Å². The Kier molecular flexibility index (Phi) is 6.21. The molecule has 0 radical (unpaired) electrons. The predicted molar refractivity (Wildman–Crippen MR) is 112 cm³/mol. The van der Waals surface area contributed by atoms with E-state index < -0.39 is 43.4 Å². The third-order valence-electron chi connectivity index (χ3n) is 6.13. The van der Waals surface area contributed by atoms with Crippen LogP contribution in [0.4, 0.5) is 0 Å². The molecule has 2 heterocycles. The molecule has 0 saturated carbocycles. The highest BCUT2D eigenvalue weighted by molar-refractivity contribution is 6.03. The number of ketones is 1. The van der Waals surface area contributed by atoms with E-state index in [0.717, 1.165) is 0 Å². The maximum absolute atomic E-state index is 12.7. The van der Waals surface area contributed by atoms with Crippen molar-refractivity contribution in [3.05, 3.63) is 46.5 Å². The van der Waals surface area contributed by atoms with Crippen LogP contribution in [0.2, 0.25) is 0 Å². The highest BCUT2D eigenvalue weighted by Gasteiger charge is 2.44. The summed E-state index contributed by atoms with van der Waals surface area (Å²) in [4.78, 5) is 12.7. The molecule has 4 rings (SSSR count). The lowest BCUT2D eigenvalue weighted by Crippen LogP contribution is -2.60. The normalized spacial score (nSPS) is 29.3. The van der Waals surface area contributed by atoms with E-state index in [4.69, 9.17) is 14.2 Å². The zero-order valence-electron chi connectivity index (χ0n) is 18.0. The molecule has 1 saturated heterocycles. The van der Waals surface area contributed by atoms with Crippen LogP contribution in [0.3, 0.4) is 0 Å². The van der Waals surface area contributed by atoms with Crippen LogP contribution in [0, 0.1) is 13.8 Å². The molecule has 10 heteroatoms. The van der Waals surface area contributed by atoms with Gasteiger partial charge in [-0.1, -0.05) is 12.1 Å². The van der Waals surface area contributed by atoms with Crippen LogP contribution in [-0.2, 0) is 4.74 Å². The van der Waals surface area contributed by atoms with Crippen LogP contribution in [-0.4, -0.2) is 73.7 Å². The minimum Gasteiger partial charge on any atom is -0.507 e. The smallest absolute Gasteiger partial charge is 0.229 e. The second kappa shape index (κ2) is 8.81. The number of aliphatic hydroxyl groups excluding tert-OH is 4. The molecule has 0 aromatic heterocycles. The number of fused-ring (bicyclic) bond motifs is 1. The number of phenols is 2. The van der Waals surface area contributed by atoms with E-state index in [9.17, 15) is 35.4 Å². The molecule has 0 bridgehead atoms. The van der Waals surface area contributed by atoms with E-state index in [0.29, 0.717) is 11.1 Å². The molecule has 0 unspecified atom stereocenters. The highest BCUT2D eigenvalue weighted by Crippen LogP contribution is 2.47. The molecule has 2 aromatic carbocycles. The van der Waals surface area contributed by atoms with E-state index in [-0.39, 0.29) is 46.3 Å². The minimum atomic E-state index is -1.55. The van der Waals surface area contributed by atoms with Gasteiger partial charge in [-0.3, -0.25) is 4.79 Å². The van der Waals surface area contributed by atoms with Gasteiger partial charge < -0.3 is 44.8 Å². The number of hydrogen-bond donors (Lipinski definition) is 6. The van der Waals surface area contributed by atoms with Crippen LogP contribution < -0.4 is 9.47 Å². The second-order valence-electron chi connectivity index (χ2n) is 8.27. The highest BCUT2D eigenvalue weighted by atomic mass is 16.7. The maximum atomic E-state index is 12.7. The molecule has 33 heavy (non-hydrogen) atoms. The molecule has 0 spiro atoms. The first kappa shape index (κ1) is 23.3. The zero-order chi connectivity index (χ0) is 24.0. The largest absolute Gasteiger partial charge is 0.507 e. The van der Waals surface area contributed by atoms with Gasteiger partial charge in [0.05, 0.1) is 13.0 Å². The fourth-order valence-corrected chi connectivity index (χ4v) is 4.09. The lowest BCUT2D eigenvalue weighted by molar-refractivity contribution is -0.277. The van der Waals surface area contributed by atoms with Gasteiger partial charge in [-0.05, 0) is 31.5 Å². The van der Waals surface area contributed by atoms with Crippen molar-refractivity contribution in [1.82, 2.24) is 0 Å². The molecular weight excluding hydrogens is 436 g/mol. The first-order chi connectivity index (χ1) is 15.6. The fraction of sp³-hybridized carbons (Fsp3) is 0.435. The second-order valence-corrected chi connectivity index (χ2v) is 8.27. The summed E-state index contributed by atoms with van der Waals surface area (Å²) in [6.07, 6.45) is -7.66. The van der Waals surface area contributed by atoms with Crippen molar-refractivity contribution in [2.45, 2.75) is 57.1 Å². The number of rotatable bonds is 4. The van der Waals surface area contributed by atoms with Gasteiger partial charge >= 0.3 is 0 Å². The van der Waals surface area contributed by atoms with Crippen LogP contribution in [0.25, 0.3) is 0 Å². The number of hydrogen-bond acceptors (Lipinski definition) is 10. The van der Waals surface area contributed by atoms with Gasteiger partial charge in [0, 0.05) is 11.1 Å². The standard InChI is InChI=1S/C23H26O10/c1-9-17(26)10(2)22-16(18(9)27)13(25)7-14(32-22)11-3-5-12(6-4-11)31-23-21(30)20(29)19(28)15(8-24)33-23/h3-6,14-15,19-21,23-24,26-30H,7-8H2,1-2H3/t14-,15+,19+,20-,21+,23+/m0/s1. The summed E-state index contributed by atoms with van der Waals surface area (Å²) in [7, 11) is 0. The van der Waals surface area contributed by atoms with Crippen molar-refractivity contribution in [3.8, 4) is 23.0 Å². The summed E-state index contributed by atoms with van der Waals surface area (Å²) >= 11 is 0. The lowest BCUT2D eigenvalue weighted by atomic mass is 9.92. The Morgan fingerprint density at radius 2 is 1.64 bits per heavy atom. The van der Waals surface area contributed by atoms with Crippen molar-refractivity contribution in [2.75, 3.05) is 6.61 Å². The van der Waals surface area contributed by atoms with Gasteiger partial charge in [-0.2, -0.15) is 0 Å². The topological polar surface area (TPSA) is 166 Å². The molecule has 2 aliphatic heterocycles. The molecule has 0 amide bonds. The van der Waals surface area contributed by atoms with Crippen LogP contribution in [0.15, 0.2) is 24.3 Å². The molecular formula is C23H26O10. The van der Waals surface area contributed by atoms with Gasteiger partial charge in [0.2, 0.25) is 6.29 Å². The molecule has 2 aromatic rings. The van der Waals surface area contributed by atoms with Gasteiger partial charge in [0.1, 0.15) is 59.1 Å². The number of aliphatic hydroxyl groups is 4. The van der Waals surface area contributed by atoms with E-state index in [1.807, 2.05) is 0 Å². The Bertz CT molecular complexity index is 1050. The van der Waals surface area contributed by atoms with Crippen molar-refractivity contribution in [2.24, 2.45) is 0 Å². The summed E-state index contributed by atoms with van der Waals surface area (Å²) < 4.78 is 16.9. The van der Waals surface area contributed by atoms with Crippen molar-refractivity contribution in [1.29, 1.82) is 0 Å². The molecule has 178 valence electrons.